The summed E-state index contributed by atoms with van der Waals surface area (Å²) in [5.41, 5.74) is 2.75. The van der Waals surface area contributed by atoms with Crippen LogP contribution in [0.15, 0.2) is 23.8 Å². The van der Waals surface area contributed by atoms with Gasteiger partial charge in [-0.25, -0.2) is 0 Å². The van der Waals surface area contributed by atoms with E-state index in [9.17, 15) is 15.0 Å². The molecule has 32 heavy (non-hydrogen) atoms. The number of aliphatic hydroxyl groups excluding tert-OH is 1. The van der Waals surface area contributed by atoms with Gasteiger partial charge in [-0.2, -0.15) is 0 Å². The van der Waals surface area contributed by atoms with E-state index in [1.165, 1.54) is 31.3 Å². The zero-order valence-corrected chi connectivity index (χ0v) is 20.9. The Bertz CT molecular complexity index is 874. The van der Waals surface area contributed by atoms with Gasteiger partial charge in [0.05, 0.1) is 11.5 Å². The Morgan fingerprint density at radius 1 is 1.00 bits per heavy atom. The second-order valence-corrected chi connectivity index (χ2v) is 13.4. The molecule has 0 bridgehead atoms. The van der Waals surface area contributed by atoms with Crippen LogP contribution in [0.4, 0.5) is 0 Å². The summed E-state index contributed by atoms with van der Waals surface area (Å²) in [6, 6.07) is 0. The lowest BCUT2D eigenvalue weighted by Crippen LogP contribution is -2.64. The molecule has 10 unspecified atom stereocenters. The molecule has 0 spiro atoms. The molecule has 3 nitrogen and oxygen atoms in total. The average molecular weight is 441 g/mol. The molecular weight excluding hydrogens is 396 g/mol. The molecule has 4 fully saturated rings. The fraction of sp³-hybridized carbons (Fsp3) is 0.828. The first-order chi connectivity index (χ1) is 14.9. The highest BCUT2D eigenvalue weighted by molar-refractivity contribution is 5.76. The third kappa shape index (κ3) is 2.67. The Morgan fingerprint density at radius 2 is 1.69 bits per heavy atom. The van der Waals surface area contributed by atoms with Crippen LogP contribution in [0.2, 0.25) is 0 Å². The fourth-order valence-electron chi connectivity index (χ4n) is 10.2. The monoisotopic (exact) mass is 440 g/mol. The van der Waals surface area contributed by atoms with Gasteiger partial charge >= 0.3 is 5.97 Å². The Labute approximate surface area is 194 Å². The molecule has 178 valence electrons. The summed E-state index contributed by atoms with van der Waals surface area (Å²) >= 11 is 0. The first-order valence-electron chi connectivity index (χ1n) is 13.2. The molecule has 5 aliphatic carbocycles. The van der Waals surface area contributed by atoms with Crippen molar-refractivity contribution in [3.8, 4) is 0 Å². The van der Waals surface area contributed by atoms with Gasteiger partial charge in [0.1, 0.15) is 0 Å². The lowest BCUT2D eigenvalue weighted by Gasteiger charge is -2.67. The summed E-state index contributed by atoms with van der Waals surface area (Å²) < 4.78 is 0. The van der Waals surface area contributed by atoms with Crippen LogP contribution in [0, 0.1) is 51.2 Å². The van der Waals surface area contributed by atoms with E-state index in [0.717, 1.165) is 25.7 Å². The van der Waals surface area contributed by atoms with Crippen molar-refractivity contribution >= 4 is 5.97 Å². The minimum atomic E-state index is -1.03. The van der Waals surface area contributed by atoms with Crippen molar-refractivity contribution < 1.29 is 15.0 Å². The van der Waals surface area contributed by atoms with Gasteiger partial charge in [0.2, 0.25) is 0 Å². The van der Waals surface area contributed by atoms with Crippen LogP contribution in [0.5, 0.6) is 0 Å². The summed E-state index contributed by atoms with van der Waals surface area (Å²) in [5.74, 6) is 1.55. The topological polar surface area (TPSA) is 57.5 Å². The van der Waals surface area contributed by atoms with E-state index in [2.05, 4.69) is 40.3 Å². The van der Waals surface area contributed by atoms with Gasteiger partial charge in [0.15, 0.2) is 0 Å². The number of hydrogen-bond donors (Lipinski definition) is 2. The van der Waals surface area contributed by atoms with E-state index in [1.807, 2.05) is 6.92 Å². The second kappa shape index (κ2) is 6.96. The lowest BCUT2D eigenvalue weighted by atomic mass is 9.37. The molecule has 0 radical (unpaired) electrons. The molecule has 4 saturated carbocycles. The van der Waals surface area contributed by atoms with Crippen LogP contribution in [-0.4, -0.2) is 22.3 Å². The molecular formula is C29H44O3. The average Bonchev–Trinajstić information content (AvgIpc) is 2.73. The van der Waals surface area contributed by atoms with Gasteiger partial charge < -0.3 is 10.2 Å². The maximum atomic E-state index is 12.4. The zero-order chi connectivity index (χ0) is 23.3. The Morgan fingerprint density at radius 3 is 2.38 bits per heavy atom. The zero-order valence-electron chi connectivity index (χ0n) is 20.9. The van der Waals surface area contributed by atoms with Gasteiger partial charge in [-0.1, -0.05) is 51.5 Å². The number of fused-ring (bicyclic) bond motifs is 7. The molecule has 0 aromatic carbocycles. The highest BCUT2D eigenvalue weighted by Crippen LogP contribution is 2.72. The second-order valence-electron chi connectivity index (χ2n) is 13.4. The maximum absolute atomic E-state index is 12.4. The number of carboxylic acids is 1. The number of carbonyl (C=O) groups is 1. The summed E-state index contributed by atoms with van der Waals surface area (Å²) in [5, 5.41) is 21.0. The first kappa shape index (κ1) is 22.7. The van der Waals surface area contributed by atoms with Crippen LogP contribution in [0.1, 0.15) is 92.4 Å². The van der Waals surface area contributed by atoms with Crippen molar-refractivity contribution in [1.82, 2.24) is 0 Å². The molecule has 3 heteroatoms. The van der Waals surface area contributed by atoms with Crippen molar-refractivity contribution in [2.45, 2.75) is 98.5 Å². The number of rotatable bonds is 1. The normalized spacial score (nSPS) is 55.1. The molecule has 5 rings (SSSR count). The van der Waals surface area contributed by atoms with E-state index in [4.69, 9.17) is 0 Å². The van der Waals surface area contributed by atoms with Crippen LogP contribution in [-0.2, 0) is 4.79 Å². The Kier molecular flexibility index (Phi) is 4.94. The van der Waals surface area contributed by atoms with Crippen LogP contribution < -0.4 is 0 Å². The maximum Gasteiger partial charge on any atom is 0.312 e. The highest BCUT2D eigenvalue weighted by atomic mass is 16.4. The van der Waals surface area contributed by atoms with E-state index < -0.39 is 17.5 Å². The minimum absolute atomic E-state index is 0.0239. The number of aliphatic hydroxyl groups is 1. The molecule has 5 aliphatic rings. The van der Waals surface area contributed by atoms with E-state index in [0.29, 0.717) is 35.5 Å². The standard InChI is InChI=1S/C29H44O3/c1-17-9-13-26(3)14-10-20-19(24(26)18(17)2)7-8-21-27(20,4)15-11-22-28(21,5)16-12-23(30)29(22,6)25(31)32/h7,18,20-24,30H,1,8-16H2,2-6H3,(H,31,32). The molecule has 2 N–H and O–H groups in total. The Hall–Kier alpha value is -1.09. The number of hydrogen-bond acceptors (Lipinski definition) is 2. The SMILES string of the molecule is C=C1CCC2(C)CCC3C(=CCC4C3(C)CCC3C4(C)CCC(O)C3(C)C(=O)O)C2C1C. The molecule has 10 atom stereocenters. The largest absolute Gasteiger partial charge is 0.481 e. The van der Waals surface area contributed by atoms with Crippen molar-refractivity contribution in [3.05, 3.63) is 23.8 Å². The fourth-order valence-corrected chi connectivity index (χ4v) is 10.2. The predicted molar refractivity (Wildman–Crippen MR) is 128 cm³/mol. The summed E-state index contributed by atoms with van der Waals surface area (Å²) in [7, 11) is 0. The molecule has 0 saturated heterocycles. The lowest BCUT2D eigenvalue weighted by molar-refractivity contribution is -0.206. The quantitative estimate of drug-likeness (QED) is 0.451. The van der Waals surface area contributed by atoms with Gasteiger partial charge in [0.25, 0.3) is 0 Å². The number of allylic oxidation sites excluding steroid dienone is 3. The number of carboxylic acid groups (broad SMARTS) is 1. The van der Waals surface area contributed by atoms with Gasteiger partial charge in [-0.05, 0) is 111 Å². The van der Waals surface area contributed by atoms with E-state index in [-0.39, 0.29) is 16.7 Å². The first-order valence-corrected chi connectivity index (χ1v) is 13.2. The van der Waals surface area contributed by atoms with Gasteiger partial charge in [-0.15, -0.1) is 0 Å². The van der Waals surface area contributed by atoms with Crippen molar-refractivity contribution in [1.29, 1.82) is 0 Å². The predicted octanol–water partition coefficient (Wildman–Crippen LogP) is 6.62. The smallest absolute Gasteiger partial charge is 0.312 e. The van der Waals surface area contributed by atoms with Crippen molar-refractivity contribution in [2.75, 3.05) is 0 Å². The van der Waals surface area contributed by atoms with Crippen LogP contribution >= 0.6 is 0 Å². The molecule has 0 aliphatic heterocycles. The van der Waals surface area contributed by atoms with E-state index >= 15 is 0 Å². The highest BCUT2D eigenvalue weighted by Gasteiger charge is 2.67. The summed E-state index contributed by atoms with van der Waals surface area (Å²) in [4.78, 5) is 12.4. The number of aliphatic carboxylic acids is 1. The van der Waals surface area contributed by atoms with Crippen LogP contribution in [0.25, 0.3) is 0 Å². The molecule has 0 heterocycles. The minimum Gasteiger partial charge on any atom is -0.481 e. The molecule has 0 aromatic heterocycles. The molecule has 0 amide bonds. The van der Waals surface area contributed by atoms with Gasteiger partial charge in [0, 0.05) is 0 Å². The van der Waals surface area contributed by atoms with E-state index in [1.54, 1.807) is 5.57 Å². The van der Waals surface area contributed by atoms with Crippen molar-refractivity contribution in [3.63, 3.8) is 0 Å². The Balaban J connectivity index is 1.56. The summed E-state index contributed by atoms with van der Waals surface area (Å²) in [6.45, 7) is 16.2. The third-order valence-corrected chi connectivity index (χ3v) is 12.3. The van der Waals surface area contributed by atoms with Crippen molar-refractivity contribution in [2.24, 2.45) is 51.2 Å². The summed E-state index contributed by atoms with van der Waals surface area (Å²) in [6.07, 6.45) is 11.6. The van der Waals surface area contributed by atoms with Crippen LogP contribution in [0.3, 0.4) is 0 Å². The molecule has 0 aromatic rings. The van der Waals surface area contributed by atoms with Gasteiger partial charge in [-0.3, -0.25) is 4.79 Å². The third-order valence-electron chi connectivity index (χ3n) is 12.3.